The van der Waals surface area contributed by atoms with Crippen LogP contribution in [0.4, 0.5) is 5.69 Å². The molecule has 2 N–H and O–H groups in total. The zero-order valence-corrected chi connectivity index (χ0v) is 15.5. The van der Waals surface area contributed by atoms with Gasteiger partial charge in [0, 0.05) is 12.2 Å². The molecule has 0 aliphatic rings. The van der Waals surface area contributed by atoms with Gasteiger partial charge in [0.25, 0.3) is 0 Å². The Balaban J connectivity index is 1.71. The van der Waals surface area contributed by atoms with Crippen LogP contribution in [0, 0.1) is 0 Å². The summed E-state index contributed by atoms with van der Waals surface area (Å²) in [6.07, 6.45) is 2.01. The number of methoxy groups -OCH3 is 1. The Labute approximate surface area is 150 Å². The Morgan fingerprint density at radius 3 is 2.54 bits per heavy atom. The summed E-state index contributed by atoms with van der Waals surface area (Å²) in [5, 5.41) is 7.15. The Morgan fingerprint density at radius 1 is 1.12 bits per heavy atom. The summed E-state index contributed by atoms with van der Waals surface area (Å²) in [5.41, 5.74) is 3.63. The van der Waals surface area contributed by atoms with E-state index in [1.165, 1.54) is 11.1 Å². The molecule has 2 rings (SSSR count). The van der Waals surface area contributed by atoms with Gasteiger partial charge in [-0.3, -0.25) is 0 Å². The van der Waals surface area contributed by atoms with E-state index >= 15 is 0 Å². The summed E-state index contributed by atoms with van der Waals surface area (Å²) < 4.78 is 5.24. The second kappa shape index (κ2) is 9.28. The largest absolute Gasteiger partial charge is 0.497 e. The fourth-order valence-electron chi connectivity index (χ4n) is 2.45. The van der Waals surface area contributed by atoms with Crippen LogP contribution in [0.15, 0.2) is 48.5 Å². The SMILES string of the molecule is COc1cccc(CCCNC(=S)Nc2ccc(C(C)C)cc2)c1. The first kappa shape index (κ1) is 18.3. The van der Waals surface area contributed by atoms with E-state index in [0.717, 1.165) is 30.8 Å². The summed E-state index contributed by atoms with van der Waals surface area (Å²) >= 11 is 5.35. The van der Waals surface area contributed by atoms with Gasteiger partial charge in [0.1, 0.15) is 5.75 Å². The zero-order chi connectivity index (χ0) is 17.4. The summed E-state index contributed by atoms with van der Waals surface area (Å²) in [4.78, 5) is 0. The molecule has 0 fully saturated rings. The lowest BCUT2D eigenvalue weighted by molar-refractivity contribution is 0.414. The molecule has 4 heteroatoms. The number of anilines is 1. The Bertz CT molecular complexity index is 653. The topological polar surface area (TPSA) is 33.3 Å². The van der Waals surface area contributed by atoms with Crippen molar-refractivity contribution in [3.05, 3.63) is 59.7 Å². The number of benzene rings is 2. The van der Waals surface area contributed by atoms with Gasteiger partial charge in [-0.2, -0.15) is 0 Å². The second-order valence-corrected chi connectivity index (χ2v) is 6.52. The Morgan fingerprint density at radius 2 is 1.88 bits per heavy atom. The minimum atomic E-state index is 0.542. The molecule has 0 heterocycles. The average Bonchev–Trinajstić information content (AvgIpc) is 2.59. The van der Waals surface area contributed by atoms with Crippen LogP contribution in [0.2, 0.25) is 0 Å². The first-order valence-electron chi connectivity index (χ1n) is 8.36. The molecule has 0 saturated carbocycles. The summed E-state index contributed by atoms with van der Waals surface area (Å²) in [6, 6.07) is 16.6. The molecule has 128 valence electrons. The number of thiocarbonyl (C=S) groups is 1. The minimum absolute atomic E-state index is 0.542. The molecule has 2 aromatic carbocycles. The normalized spacial score (nSPS) is 10.5. The van der Waals surface area contributed by atoms with E-state index in [1.54, 1.807) is 7.11 Å². The number of aryl methyl sites for hydroxylation is 1. The maximum Gasteiger partial charge on any atom is 0.170 e. The van der Waals surface area contributed by atoms with Crippen molar-refractivity contribution in [2.24, 2.45) is 0 Å². The molecule has 3 nitrogen and oxygen atoms in total. The van der Waals surface area contributed by atoms with Gasteiger partial charge in [-0.15, -0.1) is 0 Å². The summed E-state index contributed by atoms with van der Waals surface area (Å²) in [7, 11) is 1.69. The average molecular weight is 343 g/mol. The number of hydrogen-bond acceptors (Lipinski definition) is 2. The summed E-state index contributed by atoms with van der Waals surface area (Å²) in [6.45, 7) is 5.22. The highest BCUT2D eigenvalue weighted by molar-refractivity contribution is 7.80. The third kappa shape index (κ3) is 5.85. The zero-order valence-electron chi connectivity index (χ0n) is 14.6. The van der Waals surface area contributed by atoms with Crippen LogP contribution in [0.5, 0.6) is 5.75 Å². The maximum absolute atomic E-state index is 5.35. The van der Waals surface area contributed by atoms with Crippen molar-refractivity contribution < 1.29 is 4.74 Å². The monoisotopic (exact) mass is 342 g/mol. The lowest BCUT2D eigenvalue weighted by atomic mass is 10.0. The van der Waals surface area contributed by atoms with Gasteiger partial charge in [0.05, 0.1) is 7.11 Å². The lowest BCUT2D eigenvalue weighted by Gasteiger charge is -2.12. The van der Waals surface area contributed by atoms with Crippen molar-refractivity contribution in [3.63, 3.8) is 0 Å². The van der Waals surface area contributed by atoms with E-state index in [0.29, 0.717) is 11.0 Å². The van der Waals surface area contributed by atoms with E-state index in [2.05, 4.69) is 60.9 Å². The molecular formula is C20H26N2OS. The van der Waals surface area contributed by atoms with Crippen molar-refractivity contribution in [1.29, 1.82) is 0 Å². The standard InChI is InChI=1S/C20H26N2OS/c1-15(2)17-9-11-18(12-10-17)22-20(24)21-13-5-7-16-6-4-8-19(14-16)23-3/h4,6,8-12,14-15H,5,7,13H2,1-3H3,(H2,21,22,24). The fraction of sp³-hybridized carbons (Fsp3) is 0.350. The second-order valence-electron chi connectivity index (χ2n) is 6.11. The highest BCUT2D eigenvalue weighted by Crippen LogP contribution is 2.17. The summed E-state index contributed by atoms with van der Waals surface area (Å²) in [5.74, 6) is 1.45. The van der Waals surface area contributed by atoms with Gasteiger partial charge >= 0.3 is 0 Å². The third-order valence-electron chi connectivity index (χ3n) is 3.90. The number of ether oxygens (including phenoxy) is 1. The van der Waals surface area contributed by atoms with E-state index in [1.807, 2.05) is 12.1 Å². The molecule has 0 unspecified atom stereocenters. The maximum atomic E-state index is 5.35. The fourth-order valence-corrected chi connectivity index (χ4v) is 2.67. The number of hydrogen-bond donors (Lipinski definition) is 2. The van der Waals surface area contributed by atoms with E-state index in [-0.39, 0.29) is 0 Å². The van der Waals surface area contributed by atoms with Crippen LogP contribution < -0.4 is 15.4 Å². The lowest BCUT2D eigenvalue weighted by Crippen LogP contribution is -2.29. The number of nitrogens with one attached hydrogen (secondary N) is 2. The van der Waals surface area contributed by atoms with Crippen molar-refractivity contribution in [1.82, 2.24) is 5.32 Å². The number of rotatable bonds is 7. The predicted octanol–water partition coefficient (Wildman–Crippen LogP) is 4.74. The van der Waals surface area contributed by atoms with Gasteiger partial charge in [-0.25, -0.2) is 0 Å². The van der Waals surface area contributed by atoms with Crippen LogP contribution in [0.1, 0.15) is 37.3 Å². The molecule has 0 amide bonds. The molecule has 0 bridgehead atoms. The van der Waals surface area contributed by atoms with Crippen LogP contribution in [-0.2, 0) is 6.42 Å². The van der Waals surface area contributed by atoms with Crippen molar-refractivity contribution in [2.45, 2.75) is 32.6 Å². The van der Waals surface area contributed by atoms with E-state index in [4.69, 9.17) is 17.0 Å². The molecule has 0 aliphatic heterocycles. The molecule has 0 atom stereocenters. The first-order chi connectivity index (χ1) is 11.6. The first-order valence-corrected chi connectivity index (χ1v) is 8.77. The minimum Gasteiger partial charge on any atom is -0.497 e. The van der Waals surface area contributed by atoms with Crippen LogP contribution in [-0.4, -0.2) is 18.8 Å². The Hall–Kier alpha value is -2.07. The molecular weight excluding hydrogens is 316 g/mol. The highest BCUT2D eigenvalue weighted by Gasteiger charge is 2.01. The van der Waals surface area contributed by atoms with Crippen LogP contribution >= 0.6 is 12.2 Å². The van der Waals surface area contributed by atoms with Gasteiger partial charge in [-0.1, -0.05) is 38.1 Å². The third-order valence-corrected chi connectivity index (χ3v) is 4.14. The Kier molecular flexibility index (Phi) is 7.07. The molecule has 24 heavy (non-hydrogen) atoms. The van der Waals surface area contributed by atoms with Gasteiger partial charge in [-0.05, 0) is 66.4 Å². The van der Waals surface area contributed by atoms with Crippen molar-refractivity contribution in [3.8, 4) is 5.75 Å². The molecule has 0 radical (unpaired) electrons. The van der Waals surface area contributed by atoms with Crippen LogP contribution in [0.3, 0.4) is 0 Å². The van der Waals surface area contributed by atoms with Crippen LogP contribution in [0.25, 0.3) is 0 Å². The van der Waals surface area contributed by atoms with Gasteiger partial charge in [0.15, 0.2) is 5.11 Å². The van der Waals surface area contributed by atoms with E-state index in [9.17, 15) is 0 Å². The quantitative estimate of drug-likeness (QED) is 0.562. The highest BCUT2D eigenvalue weighted by atomic mass is 32.1. The molecule has 0 aliphatic carbocycles. The van der Waals surface area contributed by atoms with Crippen molar-refractivity contribution in [2.75, 3.05) is 19.0 Å². The van der Waals surface area contributed by atoms with Gasteiger partial charge < -0.3 is 15.4 Å². The predicted molar refractivity (Wildman–Crippen MR) is 106 cm³/mol. The van der Waals surface area contributed by atoms with Crippen molar-refractivity contribution >= 4 is 23.0 Å². The smallest absolute Gasteiger partial charge is 0.170 e. The molecule has 0 saturated heterocycles. The molecule has 0 spiro atoms. The molecule has 2 aromatic rings. The van der Waals surface area contributed by atoms with E-state index < -0.39 is 0 Å². The molecule has 0 aromatic heterocycles. The van der Waals surface area contributed by atoms with Gasteiger partial charge in [0.2, 0.25) is 0 Å².